The summed E-state index contributed by atoms with van der Waals surface area (Å²) in [6.07, 6.45) is 4.63. The van der Waals surface area contributed by atoms with Crippen LogP contribution in [0.2, 0.25) is 0 Å². The van der Waals surface area contributed by atoms with Gasteiger partial charge in [-0.05, 0) is 51.9 Å². The molecule has 0 saturated carbocycles. The fraction of sp³-hybridized carbons (Fsp3) is 0.643. The van der Waals surface area contributed by atoms with Crippen LogP contribution in [0, 0.1) is 0 Å². The summed E-state index contributed by atoms with van der Waals surface area (Å²) >= 11 is 0. The molecule has 0 radical (unpaired) electrons. The minimum absolute atomic E-state index is 0.577. The third-order valence-corrected chi connectivity index (χ3v) is 3.76. The Morgan fingerprint density at radius 1 is 1.35 bits per heavy atom. The van der Waals surface area contributed by atoms with Crippen molar-refractivity contribution in [1.82, 2.24) is 9.88 Å². The molecule has 3 heteroatoms. The van der Waals surface area contributed by atoms with E-state index in [-0.39, 0.29) is 0 Å². The third-order valence-electron chi connectivity index (χ3n) is 3.76. The van der Waals surface area contributed by atoms with Crippen molar-refractivity contribution in [3.05, 3.63) is 23.9 Å². The van der Waals surface area contributed by atoms with Crippen molar-refractivity contribution in [1.29, 1.82) is 0 Å². The van der Waals surface area contributed by atoms with E-state index in [0.717, 1.165) is 18.9 Å². The van der Waals surface area contributed by atoms with Gasteiger partial charge in [-0.25, -0.2) is 4.98 Å². The molecule has 0 bridgehead atoms. The van der Waals surface area contributed by atoms with Crippen molar-refractivity contribution in [3.8, 4) is 0 Å². The van der Waals surface area contributed by atoms with Crippen molar-refractivity contribution in [2.24, 2.45) is 0 Å². The van der Waals surface area contributed by atoms with Gasteiger partial charge in [0.1, 0.15) is 5.82 Å². The predicted molar refractivity (Wildman–Crippen MR) is 72.4 cm³/mol. The van der Waals surface area contributed by atoms with Crippen LogP contribution in [-0.2, 0) is 0 Å². The van der Waals surface area contributed by atoms with Gasteiger partial charge in [0.2, 0.25) is 0 Å². The molecule has 0 amide bonds. The van der Waals surface area contributed by atoms with E-state index in [1.807, 2.05) is 0 Å². The molecule has 1 saturated heterocycles. The van der Waals surface area contributed by atoms with E-state index < -0.39 is 0 Å². The van der Waals surface area contributed by atoms with Crippen molar-refractivity contribution in [2.75, 3.05) is 31.6 Å². The van der Waals surface area contributed by atoms with E-state index >= 15 is 0 Å². The van der Waals surface area contributed by atoms with E-state index in [1.165, 1.54) is 24.9 Å². The Balaban J connectivity index is 2.12. The van der Waals surface area contributed by atoms with E-state index in [2.05, 4.69) is 54.0 Å². The lowest BCUT2D eigenvalue weighted by Crippen LogP contribution is -2.23. The van der Waals surface area contributed by atoms with E-state index in [9.17, 15) is 0 Å². The minimum atomic E-state index is 0.577. The number of aromatic nitrogens is 1. The first kappa shape index (κ1) is 12.4. The van der Waals surface area contributed by atoms with Gasteiger partial charge in [-0.15, -0.1) is 0 Å². The maximum Gasteiger partial charge on any atom is 0.128 e. The van der Waals surface area contributed by atoms with Crippen LogP contribution >= 0.6 is 0 Å². The summed E-state index contributed by atoms with van der Waals surface area (Å²) in [5.41, 5.74) is 1.36. The summed E-state index contributed by atoms with van der Waals surface area (Å²) < 4.78 is 0. The second kappa shape index (κ2) is 5.50. The average molecular weight is 233 g/mol. The zero-order valence-corrected chi connectivity index (χ0v) is 11.2. The molecule has 0 spiro atoms. The van der Waals surface area contributed by atoms with Crippen LogP contribution in [0.25, 0.3) is 0 Å². The molecule has 94 valence electrons. The molecule has 0 unspecified atom stereocenters. The molecule has 0 aliphatic carbocycles. The molecule has 3 nitrogen and oxygen atoms in total. The van der Waals surface area contributed by atoms with Crippen LogP contribution in [0.5, 0.6) is 0 Å². The molecule has 1 aliphatic heterocycles. The molecule has 0 aromatic carbocycles. The summed E-state index contributed by atoms with van der Waals surface area (Å²) in [5, 5.41) is 0. The Hall–Kier alpha value is -1.09. The maximum atomic E-state index is 4.60. The van der Waals surface area contributed by atoms with Gasteiger partial charge >= 0.3 is 0 Å². The summed E-state index contributed by atoms with van der Waals surface area (Å²) in [4.78, 5) is 9.30. The van der Waals surface area contributed by atoms with Gasteiger partial charge in [-0.3, -0.25) is 4.90 Å². The molecule has 17 heavy (non-hydrogen) atoms. The van der Waals surface area contributed by atoms with Gasteiger partial charge in [0.25, 0.3) is 0 Å². The molecule has 1 atom stereocenters. The first-order valence-corrected chi connectivity index (χ1v) is 6.67. The number of hydrogen-bond donors (Lipinski definition) is 0. The maximum absolute atomic E-state index is 4.60. The number of rotatable bonds is 4. The van der Waals surface area contributed by atoms with E-state index in [1.54, 1.807) is 0 Å². The topological polar surface area (TPSA) is 19.4 Å². The summed E-state index contributed by atoms with van der Waals surface area (Å²) in [5.74, 6) is 1.10. The highest BCUT2D eigenvalue weighted by atomic mass is 15.2. The summed E-state index contributed by atoms with van der Waals surface area (Å²) in [7, 11) is 2.20. The number of nitrogens with zero attached hydrogens (tertiary/aromatic N) is 3. The summed E-state index contributed by atoms with van der Waals surface area (Å²) in [6, 6.07) is 4.98. The van der Waals surface area contributed by atoms with Crippen LogP contribution in [0.3, 0.4) is 0 Å². The highest BCUT2D eigenvalue weighted by Gasteiger charge is 2.22. The lowest BCUT2D eigenvalue weighted by atomic mass is 10.1. The second-order valence-electron chi connectivity index (χ2n) is 4.76. The molecule has 2 heterocycles. The van der Waals surface area contributed by atoms with Gasteiger partial charge < -0.3 is 4.90 Å². The minimum Gasteiger partial charge on any atom is -0.357 e. The molecule has 1 aromatic rings. The number of hydrogen-bond acceptors (Lipinski definition) is 3. The zero-order chi connectivity index (χ0) is 12.3. The van der Waals surface area contributed by atoms with Crippen molar-refractivity contribution < 1.29 is 0 Å². The Bertz CT molecular complexity index is 343. The third kappa shape index (κ3) is 2.60. The quantitative estimate of drug-likeness (QED) is 0.797. The van der Waals surface area contributed by atoms with Crippen LogP contribution in [0.4, 0.5) is 5.82 Å². The van der Waals surface area contributed by atoms with Crippen molar-refractivity contribution in [3.63, 3.8) is 0 Å². The lowest BCUT2D eigenvalue weighted by Gasteiger charge is -2.22. The highest BCUT2D eigenvalue weighted by Crippen LogP contribution is 2.30. The second-order valence-corrected chi connectivity index (χ2v) is 4.76. The molecule has 1 aliphatic rings. The summed E-state index contributed by atoms with van der Waals surface area (Å²) in [6.45, 7) is 7.59. The van der Waals surface area contributed by atoms with Gasteiger partial charge in [-0.2, -0.15) is 0 Å². The normalized spacial score (nSPS) is 20.8. The molecule has 1 fully saturated rings. The first-order valence-electron chi connectivity index (χ1n) is 6.67. The number of likely N-dealkylation sites (tertiary alicyclic amines) is 1. The van der Waals surface area contributed by atoms with Crippen molar-refractivity contribution >= 4 is 5.82 Å². The largest absolute Gasteiger partial charge is 0.357 e. The van der Waals surface area contributed by atoms with E-state index in [0.29, 0.717) is 6.04 Å². The molecular formula is C14H23N3. The Kier molecular flexibility index (Phi) is 4.00. The SMILES string of the molecule is CCN(CC)c1ccc([C@@H]2CCCN2C)cn1. The fourth-order valence-corrected chi connectivity index (χ4v) is 2.66. The Morgan fingerprint density at radius 2 is 2.12 bits per heavy atom. The monoisotopic (exact) mass is 233 g/mol. The van der Waals surface area contributed by atoms with Gasteiger partial charge in [0, 0.05) is 25.3 Å². The number of anilines is 1. The molecular weight excluding hydrogens is 210 g/mol. The first-order chi connectivity index (χ1) is 8.26. The predicted octanol–water partition coefficient (Wildman–Crippen LogP) is 2.69. The average Bonchev–Trinajstić information content (AvgIpc) is 2.78. The molecule has 2 rings (SSSR count). The molecule has 0 N–H and O–H groups in total. The highest BCUT2D eigenvalue weighted by molar-refractivity contribution is 5.39. The zero-order valence-electron chi connectivity index (χ0n) is 11.2. The van der Waals surface area contributed by atoms with Crippen LogP contribution < -0.4 is 4.90 Å². The smallest absolute Gasteiger partial charge is 0.128 e. The Morgan fingerprint density at radius 3 is 2.59 bits per heavy atom. The standard InChI is InChI=1S/C14H23N3/c1-4-17(5-2)14-9-8-12(11-15-14)13-7-6-10-16(13)3/h8-9,11,13H,4-7,10H2,1-3H3/t13-/m0/s1. The van der Waals surface area contributed by atoms with Crippen LogP contribution in [-0.4, -0.2) is 36.6 Å². The molecule has 1 aromatic heterocycles. The Labute approximate surface area is 104 Å². The van der Waals surface area contributed by atoms with Crippen LogP contribution in [0.1, 0.15) is 38.3 Å². The van der Waals surface area contributed by atoms with E-state index in [4.69, 9.17) is 0 Å². The lowest BCUT2D eigenvalue weighted by molar-refractivity contribution is 0.317. The number of pyridine rings is 1. The van der Waals surface area contributed by atoms with Crippen molar-refractivity contribution in [2.45, 2.75) is 32.7 Å². The van der Waals surface area contributed by atoms with Crippen LogP contribution in [0.15, 0.2) is 18.3 Å². The van der Waals surface area contributed by atoms with Gasteiger partial charge in [0.15, 0.2) is 0 Å². The van der Waals surface area contributed by atoms with Gasteiger partial charge in [-0.1, -0.05) is 6.07 Å². The fourth-order valence-electron chi connectivity index (χ4n) is 2.66. The van der Waals surface area contributed by atoms with Gasteiger partial charge in [0.05, 0.1) is 0 Å².